The number of ether oxygens (including phenoxy) is 1. The molecule has 0 bridgehead atoms. The number of rotatable bonds is 3. The SMILES string of the molecule is COc1ccccc1[C@H]1C(C#N)=C(N)N(c2ccccc2Cl)C2=C1C(=O)CCC2. The van der Waals surface area contributed by atoms with Crippen LogP contribution in [0, 0.1) is 11.3 Å². The third-order valence-electron chi connectivity index (χ3n) is 5.46. The number of nitrogens with zero attached hydrogens (tertiary/aromatic N) is 2. The number of anilines is 1. The van der Waals surface area contributed by atoms with Gasteiger partial charge >= 0.3 is 0 Å². The largest absolute Gasteiger partial charge is 0.496 e. The van der Waals surface area contributed by atoms with Crippen LogP contribution in [0.2, 0.25) is 5.02 Å². The highest BCUT2D eigenvalue weighted by molar-refractivity contribution is 6.33. The van der Waals surface area contributed by atoms with Gasteiger partial charge in [-0.05, 0) is 31.0 Å². The first-order chi connectivity index (χ1) is 14.1. The van der Waals surface area contributed by atoms with E-state index in [0.29, 0.717) is 46.3 Å². The van der Waals surface area contributed by atoms with Crippen LogP contribution in [0.4, 0.5) is 5.69 Å². The molecule has 4 rings (SSSR count). The van der Waals surface area contributed by atoms with E-state index in [2.05, 4.69) is 6.07 Å². The number of para-hydroxylation sites is 2. The number of halogens is 1. The molecule has 0 aromatic heterocycles. The fraction of sp³-hybridized carbons (Fsp3) is 0.217. The smallest absolute Gasteiger partial charge is 0.161 e. The minimum Gasteiger partial charge on any atom is -0.496 e. The second-order valence-corrected chi connectivity index (χ2v) is 7.42. The van der Waals surface area contributed by atoms with Crippen molar-refractivity contribution in [2.45, 2.75) is 25.2 Å². The minimum atomic E-state index is -0.558. The Bertz CT molecular complexity index is 1100. The van der Waals surface area contributed by atoms with Crippen LogP contribution in [-0.4, -0.2) is 12.9 Å². The van der Waals surface area contributed by atoms with Crippen LogP contribution in [0.3, 0.4) is 0 Å². The van der Waals surface area contributed by atoms with Crippen molar-refractivity contribution in [2.24, 2.45) is 5.73 Å². The Kier molecular flexibility index (Phi) is 5.04. The van der Waals surface area contributed by atoms with Gasteiger partial charge in [-0.25, -0.2) is 0 Å². The van der Waals surface area contributed by atoms with Crippen molar-refractivity contribution in [2.75, 3.05) is 12.0 Å². The van der Waals surface area contributed by atoms with Crippen molar-refractivity contribution in [3.8, 4) is 11.8 Å². The monoisotopic (exact) mass is 405 g/mol. The van der Waals surface area contributed by atoms with Crippen molar-refractivity contribution >= 4 is 23.1 Å². The predicted molar refractivity (Wildman–Crippen MR) is 112 cm³/mol. The van der Waals surface area contributed by atoms with E-state index < -0.39 is 5.92 Å². The van der Waals surface area contributed by atoms with Crippen LogP contribution in [0.1, 0.15) is 30.7 Å². The molecule has 2 aromatic rings. The molecule has 1 aliphatic heterocycles. The number of carbonyl (C=O) groups is 1. The lowest BCUT2D eigenvalue weighted by molar-refractivity contribution is -0.116. The molecule has 0 radical (unpaired) electrons. The zero-order chi connectivity index (χ0) is 20.5. The number of Topliss-reactive ketones (excluding diaryl/α,β-unsaturated/α-hetero) is 1. The molecule has 0 saturated carbocycles. The first kappa shape index (κ1) is 19.1. The van der Waals surface area contributed by atoms with Crippen LogP contribution in [0.5, 0.6) is 5.75 Å². The van der Waals surface area contributed by atoms with Crippen molar-refractivity contribution in [1.82, 2.24) is 0 Å². The average Bonchev–Trinajstić information content (AvgIpc) is 2.74. The summed E-state index contributed by atoms with van der Waals surface area (Å²) in [4.78, 5) is 14.9. The van der Waals surface area contributed by atoms with E-state index >= 15 is 0 Å². The highest BCUT2D eigenvalue weighted by Crippen LogP contribution is 2.48. The molecule has 1 atom stereocenters. The number of allylic oxidation sites excluding steroid dienone is 3. The maximum atomic E-state index is 13.1. The van der Waals surface area contributed by atoms with E-state index in [4.69, 9.17) is 22.1 Å². The Morgan fingerprint density at radius 2 is 1.90 bits per heavy atom. The Morgan fingerprint density at radius 3 is 2.62 bits per heavy atom. The summed E-state index contributed by atoms with van der Waals surface area (Å²) in [6, 6.07) is 17.0. The molecule has 146 valence electrons. The molecule has 0 amide bonds. The third-order valence-corrected chi connectivity index (χ3v) is 5.78. The Morgan fingerprint density at radius 1 is 1.17 bits per heavy atom. The zero-order valence-electron chi connectivity index (χ0n) is 16.0. The van der Waals surface area contributed by atoms with Gasteiger partial charge in [0.15, 0.2) is 5.78 Å². The maximum Gasteiger partial charge on any atom is 0.161 e. The Balaban J connectivity index is 2.02. The van der Waals surface area contributed by atoms with Crippen molar-refractivity contribution in [3.05, 3.63) is 81.8 Å². The lowest BCUT2D eigenvalue weighted by Crippen LogP contribution is -2.39. The molecule has 0 unspecified atom stereocenters. The second kappa shape index (κ2) is 7.65. The number of nitriles is 1. The number of carbonyl (C=O) groups excluding carboxylic acids is 1. The van der Waals surface area contributed by atoms with Crippen molar-refractivity contribution in [1.29, 1.82) is 5.26 Å². The summed E-state index contributed by atoms with van der Waals surface area (Å²) >= 11 is 6.45. The summed E-state index contributed by atoms with van der Waals surface area (Å²) < 4.78 is 5.53. The van der Waals surface area contributed by atoms with Gasteiger partial charge in [0, 0.05) is 23.3 Å². The van der Waals surface area contributed by atoms with Crippen molar-refractivity contribution in [3.63, 3.8) is 0 Å². The van der Waals surface area contributed by atoms with Gasteiger partial charge < -0.3 is 10.5 Å². The molecule has 1 heterocycles. The predicted octanol–water partition coefficient (Wildman–Crippen LogP) is 4.65. The first-order valence-electron chi connectivity index (χ1n) is 9.42. The summed E-state index contributed by atoms with van der Waals surface area (Å²) in [5, 5.41) is 10.6. The summed E-state index contributed by atoms with van der Waals surface area (Å²) in [5.41, 5.74) is 9.70. The summed E-state index contributed by atoms with van der Waals surface area (Å²) in [5.74, 6) is 0.386. The molecule has 5 nitrogen and oxygen atoms in total. The molecule has 29 heavy (non-hydrogen) atoms. The van der Waals surface area contributed by atoms with Gasteiger partial charge in [-0.2, -0.15) is 5.26 Å². The van der Waals surface area contributed by atoms with Crippen molar-refractivity contribution < 1.29 is 9.53 Å². The molecule has 6 heteroatoms. The number of nitrogens with two attached hydrogens (primary N) is 1. The first-order valence-corrected chi connectivity index (χ1v) is 9.79. The van der Waals surface area contributed by atoms with E-state index in [1.807, 2.05) is 42.5 Å². The maximum absolute atomic E-state index is 13.1. The fourth-order valence-electron chi connectivity index (χ4n) is 4.21. The normalized spacial score (nSPS) is 19.1. The molecule has 2 aromatic carbocycles. The van der Waals surface area contributed by atoms with Crippen LogP contribution in [-0.2, 0) is 4.79 Å². The highest BCUT2D eigenvalue weighted by atomic mass is 35.5. The van der Waals surface area contributed by atoms with Crippen LogP contribution < -0.4 is 15.4 Å². The molecule has 0 saturated heterocycles. The zero-order valence-corrected chi connectivity index (χ0v) is 16.7. The van der Waals surface area contributed by atoms with E-state index in [1.54, 1.807) is 18.1 Å². The van der Waals surface area contributed by atoms with E-state index in [9.17, 15) is 10.1 Å². The standard InChI is InChI=1S/C23H20ClN3O2/c1-29-20-12-5-2-7-14(20)21-15(13-25)23(26)27(17-9-4-3-8-16(17)24)18-10-6-11-19(28)22(18)21/h2-5,7-9,12,21H,6,10-11,26H2,1H3/t21-/m0/s1. The number of methoxy groups -OCH3 is 1. The number of hydrogen-bond acceptors (Lipinski definition) is 5. The Hall–Kier alpha value is -3.23. The van der Waals surface area contributed by atoms with Gasteiger partial charge in [0.25, 0.3) is 0 Å². The molecule has 1 aliphatic carbocycles. The molecular formula is C23H20ClN3O2. The van der Waals surface area contributed by atoms with Gasteiger partial charge in [0.05, 0.1) is 35.4 Å². The number of benzene rings is 2. The van der Waals surface area contributed by atoms with E-state index in [-0.39, 0.29) is 5.78 Å². The van der Waals surface area contributed by atoms with Gasteiger partial charge in [-0.15, -0.1) is 0 Å². The third kappa shape index (κ3) is 3.06. The minimum absolute atomic E-state index is 0.0273. The number of ketones is 1. The van der Waals surface area contributed by atoms with Crippen LogP contribution >= 0.6 is 11.6 Å². The molecule has 0 spiro atoms. The Labute approximate surface area is 174 Å². The number of hydrogen-bond donors (Lipinski definition) is 1. The van der Waals surface area contributed by atoms with Crippen LogP contribution in [0.15, 0.2) is 71.2 Å². The lowest BCUT2D eigenvalue weighted by atomic mass is 9.75. The average molecular weight is 406 g/mol. The van der Waals surface area contributed by atoms with Gasteiger partial charge in [0.2, 0.25) is 0 Å². The van der Waals surface area contributed by atoms with Crippen LogP contribution in [0.25, 0.3) is 0 Å². The molecular weight excluding hydrogens is 386 g/mol. The quantitative estimate of drug-likeness (QED) is 0.803. The summed E-state index contributed by atoms with van der Waals surface area (Å²) in [6.45, 7) is 0. The fourth-order valence-corrected chi connectivity index (χ4v) is 4.43. The topological polar surface area (TPSA) is 79.3 Å². The van der Waals surface area contributed by atoms with E-state index in [1.165, 1.54) is 0 Å². The summed E-state index contributed by atoms with van der Waals surface area (Å²) in [7, 11) is 1.58. The van der Waals surface area contributed by atoms with E-state index in [0.717, 1.165) is 17.7 Å². The lowest BCUT2D eigenvalue weighted by Gasteiger charge is -2.40. The molecule has 2 aliphatic rings. The molecule has 0 fully saturated rings. The summed E-state index contributed by atoms with van der Waals surface area (Å²) in [6.07, 6.45) is 1.85. The van der Waals surface area contributed by atoms with Gasteiger partial charge in [-0.3, -0.25) is 9.69 Å². The van der Waals surface area contributed by atoms with Gasteiger partial charge in [-0.1, -0.05) is 41.9 Å². The van der Waals surface area contributed by atoms with Gasteiger partial charge in [0.1, 0.15) is 11.6 Å². The highest BCUT2D eigenvalue weighted by Gasteiger charge is 2.41. The second-order valence-electron chi connectivity index (χ2n) is 7.01. The molecule has 2 N–H and O–H groups in total.